The van der Waals surface area contributed by atoms with Crippen LogP contribution in [0.5, 0.6) is 0 Å². The van der Waals surface area contributed by atoms with Gasteiger partial charge in [0.2, 0.25) is 0 Å². The molecule has 1 aliphatic heterocycles. The zero-order chi connectivity index (χ0) is 13.6. The van der Waals surface area contributed by atoms with Crippen molar-refractivity contribution in [1.82, 2.24) is 10.4 Å². The Morgan fingerprint density at radius 3 is 2.28 bits per heavy atom. The first-order valence-corrected chi connectivity index (χ1v) is 7.84. The van der Waals surface area contributed by atoms with Crippen LogP contribution < -0.4 is 11.2 Å². The fourth-order valence-electron chi connectivity index (χ4n) is 3.03. The Balaban J connectivity index is 2.68. The molecule has 0 amide bonds. The Morgan fingerprint density at radius 2 is 1.83 bits per heavy atom. The van der Waals surface area contributed by atoms with E-state index in [1.807, 2.05) is 0 Å². The zero-order valence-corrected chi connectivity index (χ0v) is 12.8. The number of nitrogens with two attached hydrogens (primary N) is 1. The highest BCUT2D eigenvalue weighted by Crippen LogP contribution is 2.25. The molecule has 3 atom stereocenters. The predicted octanol–water partition coefficient (Wildman–Crippen LogP) is 3.05. The molecule has 3 nitrogen and oxygen atoms in total. The lowest BCUT2D eigenvalue weighted by Crippen LogP contribution is -2.63. The van der Waals surface area contributed by atoms with Crippen LogP contribution in [-0.2, 0) is 0 Å². The van der Waals surface area contributed by atoms with Crippen LogP contribution in [0, 0.1) is 0 Å². The van der Waals surface area contributed by atoms with Crippen molar-refractivity contribution in [3.8, 4) is 0 Å². The van der Waals surface area contributed by atoms with E-state index in [0.717, 1.165) is 13.0 Å². The lowest BCUT2D eigenvalue weighted by Gasteiger charge is -2.46. The number of rotatable bonds is 7. The summed E-state index contributed by atoms with van der Waals surface area (Å²) in [6, 6.07) is 1.26. The van der Waals surface area contributed by atoms with Crippen LogP contribution in [0.2, 0.25) is 0 Å². The summed E-state index contributed by atoms with van der Waals surface area (Å²) in [6.45, 7) is 9.91. The molecule has 0 saturated carbocycles. The molecule has 1 saturated heterocycles. The summed E-state index contributed by atoms with van der Waals surface area (Å²) in [4.78, 5) is 0. The smallest absolute Gasteiger partial charge is 0.0445 e. The van der Waals surface area contributed by atoms with E-state index < -0.39 is 0 Å². The first-order chi connectivity index (χ1) is 8.58. The maximum atomic E-state index is 6.08. The van der Waals surface area contributed by atoms with Gasteiger partial charge in [-0.2, -0.15) is 0 Å². The van der Waals surface area contributed by atoms with Gasteiger partial charge >= 0.3 is 0 Å². The summed E-state index contributed by atoms with van der Waals surface area (Å²) < 4.78 is 0. The monoisotopic (exact) mass is 255 g/mol. The van der Waals surface area contributed by atoms with E-state index >= 15 is 0 Å². The summed E-state index contributed by atoms with van der Waals surface area (Å²) in [5.74, 6) is 0. The molecule has 0 radical (unpaired) electrons. The summed E-state index contributed by atoms with van der Waals surface area (Å²) in [5, 5.41) is 2.48. The molecule has 0 aromatic carbocycles. The number of nitrogens with zero attached hydrogens (tertiary/aromatic N) is 1. The molecule has 0 aliphatic carbocycles. The fraction of sp³-hybridized carbons (Fsp3) is 1.00. The third kappa shape index (κ3) is 3.94. The van der Waals surface area contributed by atoms with Crippen molar-refractivity contribution in [2.45, 2.75) is 90.3 Å². The molecule has 3 unspecified atom stereocenters. The molecular formula is C15H33N3. The van der Waals surface area contributed by atoms with Crippen molar-refractivity contribution in [3.63, 3.8) is 0 Å². The van der Waals surface area contributed by atoms with Gasteiger partial charge in [0.15, 0.2) is 0 Å². The van der Waals surface area contributed by atoms with Crippen molar-refractivity contribution in [2.24, 2.45) is 5.73 Å². The quantitative estimate of drug-likeness (QED) is 0.734. The Labute approximate surface area is 113 Å². The molecule has 1 rings (SSSR count). The van der Waals surface area contributed by atoms with Gasteiger partial charge in [-0.3, -0.25) is 0 Å². The molecular weight excluding hydrogens is 222 g/mol. The lowest BCUT2D eigenvalue weighted by molar-refractivity contribution is -0.00274. The first-order valence-electron chi connectivity index (χ1n) is 7.84. The van der Waals surface area contributed by atoms with Gasteiger partial charge in [0.25, 0.3) is 0 Å². The third-order valence-corrected chi connectivity index (χ3v) is 4.64. The van der Waals surface area contributed by atoms with Gasteiger partial charge in [0, 0.05) is 24.2 Å². The molecule has 18 heavy (non-hydrogen) atoms. The van der Waals surface area contributed by atoms with Crippen molar-refractivity contribution in [3.05, 3.63) is 0 Å². The second-order valence-electron chi connectivity index (χ2n) is 6.09. The van der Waals surface area contributed by atoms with Gasteiger partial charge in [-0.05, 0) is 39.5 Å². The molecule has 0 bridgehead atoms. The van der Waals surface area contributed by atoms with E-state index in [1.165, 1.54) is 38.5 Å². The van der Waals surface area contributed by atoms with Crippen LogP contribution in [0.3, 0.4) is 0 Å². The maximum Gasteiger partial charge on any atom is 0.0445 e. The molecule has 0 aromatic rings. The average molecular weight is 255 g/mol. The van der Waals surface area contributed by atoms with Crippen LogP contribution in [0.15, 0.2) is 0 Å². The molecule has 0 aromatic heterocycles. The molecule has 1 heterocycles. The summed E-state index contributed by atoms with van der Waals surface area (Å²) in [5.41, 5.74) is 10.00. The van der Waals surface area contributed by atoms with Crippen molar-refractivity contribution < 1.29 is 0 Å². The highest BCUT2D eigenvalue weighted by molar-refractivity contribution is 4.89. The number of nitrogens with one attached hydrogen (secondary N) is 1. The van der Waals surface area contributed by atoms with Crippen LogP contribution in [-0.4, -0.2) is 29.2 Å². The van der Waals surface area contributed by atoms with Gasteiger partial charge in [0.05, 0.1) is 0 Å². The number of unbranched alkanes of at least 4 members (excludes halogenated alkanes) is 1. The minimum Gasteiger partial charge on any atom is -0.329 e. The topological polar surface area (TPSA) is 41.3 Å². The summed E-state index contributed by atoms with van der Waals surface area (Å²) in [7, 11) is 0. The number of hydrazine groups is 1. The Bertz CT molecular complexity index is 216. The fourth-order valence-corrected chi connectivity index (χ4v) is 3.03. The summed E-state index contributed by atoms with van der Waals surface area (Å²) in [6.07, 6.45) is 8.76. The summed E-state index contributed by atoms with van der Waals surface area (Å²) >= 11 is 0. The number of piperidine rings is 1. The van der Waals surface area contributed by atoms with Crippen LogP contribution in [0.25, 0.3) is 0 Å². The van der Waals surface area contributed by atoms with E-state index in [4.69, 9.17) is 5.73 Å². The Morgan fingerprint density at radius 1 is 1.22 bits per heavy atom. The highest BCUT2D eigenvalue weighted by Gasteiger charge is 2.33. The van der Waals surface area contributed by atoms with Crippen LogP contribution in [0.1, 0.15) is 72.6 Å². The molecule has 0 spiro atoms. The first kappa shape index (κ1) is 15.9. The average Bonchev–Trinajstić information content (AvgIpc) is 2.38. The van der Waals surface area contributed by atoms with E-state index in [9.17, 15) is 0 Å². The normalized spacial score (nSPS) is 29.2. The molecule has 1 fully saturated rings. The predicted molar refractivity (Wildman–Crippen MR) is 79.4 cm³/mol. The Hall–Kier alpha value is -0.120. The van der Waals surface area contributed by atoms with Crippen LogP contribution >= 0.6 is 0 Å². The minimum atomic E-state index is 0.107. The second kappa shape index (κ2) is 7.46. The largest absolute Gasteiger partial charge is 0.329 e. The van der Waals surface area contributed by atoms with E-state index in [-0.39, 0.29) is 5.54 Å². The van der Waals surface area contributed by atoms with Gasteiger partial charge in [-0.25, -0.2) is 10.4 Å². The Kier molecular flexibility index (Phi) is 6.61. The lowest BCUT2D eigenvalue weighted by atomic mass is 9.90. The van der Waals surface area contributed by atoms with Crippen LogP contribution in [0.4, 0.5) is 0 Å². The van der Waals surface area contributed by atoms with Gasteiger partial charge in [0.1, 0.15) is 0 Å². The van der Waals surface area contributed by atoms with E-state index in [2.05, 4.69) is 38.1 Å². The second-order valence-corrected chi connectivity index (χ2v) is 6.09. The van der Waals surface area contributed by atoms with Gasteiger partial charge in [-0.1, -0.05) is 33.1 Å². The third-order valence-electron chi connectivity index (χ3n) is 4.64. The minimum absolute atomic E-state index is 0.107. The zero-order valence-electron chi connectivity index (χ0n) is 12.8. The standard InChI is InChI=1S/C15H33N3/c1-5-7-11-15(6-2,12-16)17-18-13(3)9-8-10-14(18)4/h13-14,17H,5-12,16H2,1-4H3. The van der Waals surface area contributed by atoms with Crippen molar-refractivity contribution in [1.29, 1.82) is 0 Å². The van der Waals surface area contributed by atoms with Gasteiger partial charge in [-0.15, -0.1) is 0 Å². The maximum absolute atomic E-state index is 6.08. The van der Waals surface area contributed by atoms with E-state index in [0.29, 0.717) is 12.1 Å². The van der Waals surface area contributed by atoms with Crippen molar-refractivity contribution >= 4 is 0 Å². The van der Waals surface area contributed by atoms with Gasteiger partial charge < -0.3 is 5.73 Å². The molecule has 3 heteroatoms. The molecule has 108 valence electrons. The molecule has 3 N–H and O–H groups in total. The number of hydrogen-bond acceptors (Lipinski definition) is 3. The molecule has 1 aliphatic rings. The SMILES string of the molecule is CCCCC(CC)(CN)NN1C(C)CCCC1C. The highest BCUT2D eigenvalue weighted by atomic mass is 15.6. The van der Waals surface area contributed by atoms with Crippen molar-refractivity contribution in [2.75, 3.05) is 6.54 Å². The van der Waals surface area contributed by atoms with E-state index in [1.54, 1.807) is 0 Å². The number of hydrogen-bond donors (Lipinski definition) is 2.